The number of benzene rings is 2. The van der Waals surface area contributed by atoms with Crippen LogP contribution in [-0.2, 0) is 11.3 Å². The monoisotopic (exact) mass is 450 g/mol. The third-order valence-corrected chi connectivity index (χ3v) is 6.33. The fraction of sp³-hybridized carbons (Fsp3) is 0.167. The maximum Gasteiger partial charge on any atom is 0.266 e. The van der Waals surface area contributed by atoms with Crippen molar-refractivity contribution in [1.29, 1.82) is 0 Å². The zero-order valence-corrected chi connectivity index (χ0v) is 18.7. The minimum absolute atomic E-state index is 0.0776. The van der Waals surface area contributed by atoms with Crippen molar-refractivity contribution in [3.63, 3.8) is 0 Å². The summed E-state index contributed by atoms with van der Waals surface area (Å²) in [5.74, 6) is 1.35. The second-order valence-corrected chi connectivity index (χ2v) is 8.55. The summed E-state index contributed by atoms with van der Waals surface area (Å²) in [4.78, 5) is 14.9. The summed E-state index contributed by atoms with van der Waals surface area (Å²) in [5, 5.41) is 1.08. The second-order valence-electron chi connectivity index (χ2n) is 6.88. The van der Waals surface area contributed by atoms with Gasteiger partial charge in [0.15, 0.2) is 11.5 Å². The van der Waals surface area contributed by atoms with E-state index in [1.165, 1.54) is 11.8 Å². The Kier molecular flexibility index (Phi) is 6.44. The van der Waals surface area contributed by atoms with E-state index in [0.717, 1.165) is 16.5 Å². The first-order chi connectivity index (χ1) is 15.1. The molecule has 1 amide bonds. The van der Waals surface area contributed by atoms with Crippen molar-refractivity contribution >= 4 is 51.2 Å². The van der Waals surface area contributed by atoms with Crippen molar-refractivity contribution in [3.05, 3.63) is 77.9 Å². The minimum atomic E-state index is -0.0776. The van der Waals surface area contributed by atoms with Gasteiger partial charge in [0.1, 0.15) is 10.9 Å². The van der Waals surface area contributed by atoms with Gasteiger partial charge in [0, 0.05) is 29.2 Å². The average molecular weight is 451 g/mol. The van der Waals surface area contributed by atoms with Gasteiger partial charge in [-0.1, -0.05) is 60.4 Å². The van der Waals surface area contributed by atoms with E-state index in [4.69, 9.17) is 21.7 Å². The van der Waals surface area contributed by atoms with Crippen molar-refractivity contribution < 1.29 is 14.3 Å². The van der Waals surface area contributed by atoms with E-state index in [1.807, 2.05) is 42.5 Å². The van der Waals surface area contributed by atoms with Crippen LogP contribution in [0.15, 0.2) is 72.3 Å². The smallest absolute Gasteiger partial charge is 0.266 e. The molecule has 0 unspecified atom stereocenters. The first kappa shape index (κ1) is 21.2. The highest BCUT2D eigenvalue weighted by atomic mass is 32.2. The summed E-state index contributed by atoms with van der Waals surface area (Å²) in [6, 6.07) is 15.7. The molecule has 1 saturated heterocycles. The number of nitrogens with zero attached hydrogens (tertiary/aromatic N) is 2. The predicted molar refractivity (Wildman–Crippen MR) is 131 cm³/mol. The van der Waals surface area contributed by atoms with Crippen LogP contribution >= 0.6 is 24.0 Å². The van der Waals surface area contributed by atoms with Crippen LogP contribution in [0.4, 0.5) is 0 Å². The lowest BCUT2D eigenvalue weighted by Gasteiger charge is -2.11. The van der Waals surface area contributed by atoms with E-state index >= 15 is 0 Å². The molecule has 1 aliphatic heterocycles. The fourth-order valence-electron chi connectivity index (χ4n) is 3.49. The van der Waals surface area contributed by atoms with E-state index < -0.39 is 0 Å². The standard InChI is InChI=1S/C24H22N2O3S2/c1-3-12-26-23(27)22(31-24(26)30)15-17-16-25(19-9-5-4-8-18(17)19)13-14-29-21-11-7-6-10-20(21)28-2/h3-11,15-16H,1,12-14H2,2H3/b22-15-. The molecule has 2 aromatic carbocycles. The number of aromatic nitrogens is 1. The number of hydrogen-bond donors (Lipinski definition) is 0. The highest BCUT2D eigenvalue weighted by Crippen LogP contribution is 2.34. The maximum absolute atomic E-state index is 12.7. The summed E-state index contributed by atoms with van der Waals surface area (Å²) in [6.45, 7) is 5.27. The summed E-state index contributed by atoms with van der Waals surface area (Å²) in [6.07, 6.45) is 5.65. The number of hydrogen-bond acceptors (Lipinski definition) is 5. The normalized spacial score (nSPS) is 15.1. The lowest BCUT2D eigenvalue weighted by molar-refractivity contribution is -0.121. The quantitative estimate of drug-likeness (QED) is 0.271. The van der Waals surface area contributed by atoms with Gasteiger partial charge in [-0.2, -0.15) is 0 Å². The molecule has 3 aromatic rings. The number of fused-ring (bicyclic) bond motifs is 1. The Hall–Kier alpha value is -3.03. The Morgan fingerprint density at radius 1 is 1.13 bits per heavy atom. The Morgan fingerprint density at radius 3 is 2.65 bits per heavy atom. The van der Waals surface area contributed by atoms with Crippen LogP contribution in [0.1, 0.15) is 5.56 Å². The van der Waals surface area contributed by atoms with Gasteiger partial charge in [0.25, 0.3) is 5.91 Å². The van der Waals surface area contributed by atoms with Gasteiger partial charge in [-0.05, 0) is 24.3 Å². The van der Waals surface area contributed by atoms with Crippen molar-refractivity contribution in [3.8, 4) is 11.5 Å². The second kappa shape index (κ2) is 9.41. The van der Waals surface area contributed by atoms with Crippen LogP contribution in [0.3, 0.4) is 0 Å². The minimum Gasteiger partial charge on any atom is -0.493 e. The molecule has 0 aliphatic carbocycles. The zero-order valence-electron chi connectivity index (χ0n) is 17.1. The molecule has 0 N–H and O–H groups in total. The molecular weight excluding hydrogens is 428 g/mol. The number of amides is 1. The van der Waals surface area contributed by atoms with Crippen LogP contribution in [0.5, 0.6) is 11.5 Å². The van der Waals surface area contributed by atoms with Crippen molar-refractivity contribution in [2.75, 3.05) is 20.3 Å². The van der Waals surface area contributed by atoms with Gasteiger partial charge in [-0.25, -0.2) is 0 Å². The lowest BCUT2D eigenvalue weighted by Crippen LogP contribution is -2.27. The third-order valence-electron chi connectivity index (χ3n) is 4.95. The summed E-state index contributed by atoms with van der Waals surface area (Å²) in [5.41, 5.74) is 2.06. The number of methoxy groups -OCH3 is 1. The summed E-state index contributed by atoms with van der Waals surface area (Å²) in [7, 11) is 1.63. The highest BCUT2D eigenvalue weighted by molar-refractivity contribution is 8.26. The highest BCUT2D eigenvalue weighted by Gasteiger charge is 2.31. The summed E-state index contributed by atoms with van der Waals surface area (Å²) >= 11 is 6.68. The van der Waals surface area contributed by atoms with Crippen molar-refractivity contribution in [1.82, 2.24) is 9.47 Å². The van der Waals surface area contributed by atoms with Gasteiger partial charge in [-0.3, -0.25) is 9.69 Å². The first-order valence-electron chi connectivity index (χ1n) is 9.82. The van der Waals surface area contributed by atoms with Crippen molar-refractivity contribution in [2.24, 2.45) is 0 Å². The molecule has 31 heavy (non-hydrogen) atoms. The molecule has 2 heterocycles. The SMILES string of the molecule is C=CCN1C(=O)/C(=C/c2cn(CCOc3ccccc3OC)c3ccccc23)SC1=S. The molecule has 7 heteroatoms. The lowest BCUT2D eigenvalue weighted by atomic mass is 10.1. The largest absolute Gasteiger partial charge is 0.493 e. The van der Waals surface area contributed by atoms with E-state index in [9.17, 15) is 4.79 Å². The Morgan fingerprint density at radius 2 is 1.87 bits per heavy atom. The van der Waals surface area contributed by atoms with Gasteiger partial charge in [0.05, 0.1) is 18.6 Å². The molecule has 158 valence electrons. The predicted octanol–water partition coefficient (Wildman–Crippen LogP) is 5.12. The van der Waals surface area contributed by atoms with Gasteiger partial charge < -0.3 is 14.0 Å². The topological polar surface area (TPSA) is 43.7 Å². The van der Waals surface area contributed by atoms with Crippen LogP contribution in [0.2, 0.25) is 0 Å². The first-order valence-corrected chi connectivity index (χ1v) is 11.0. The van der Waals surface area contributed by atoms with Crippen LogP contribution in [0, 0.1) is 0 Å². The third kappa shape index (κ3) is 4.38. The fourth-order valence-corrected chi connectivity index (χ4v) is 4.76. The molecule has 1 aromatic heterocycles. The molecule has 0 bridgehead atoms. The Balaban J connectivity index is 1.57. The molecule has 1 aliphatic rings. The number of rotatable bonds is 8. The number of thiocarbonyl (C=S) groups is 1. The van der Waals surface area contributed by atoms with Gasteiger partial charge in [0.2, 0.25) is 0 Å². The van der Waals surface area contributed by atoms with E-state index in [1.54, 1.807) is 18.1 Å². The number of para-hydroxylation sites is 3. The zero-order chi connectivity index (χ0) is 21.8. The summed E-state index contributed by atoms with van der Waals surface area (Å²) < 4.78 is 14.0. The van der Waals surface area contributed by atoms with Gasteiger partial charge in [-0.15, -0.1) is 6.58 Å². The molecular formula is C24H22N2O3S2. The molecule has 1 fully saturated rings. The van der Waals surface area contributed by atoms with Crippen molar-refractivity contribution in [2.45, 2.75) is 6.54 Å². The number of carbonyl (C=O) groups excluding carboxylic acids is 1. The van der Waals surface area contributed by atoms with Crippen LogP contribution < -0.4 is 9.47 Å². The van der Waals surface area contributed by atoms with Crippen LogP contribution in [-0.4, -0.2) is 40.0 Å². The molecule has 0 spiro atoms. The molecule has 0 saturated carbocycles. The average Bonchev–Trinajstić information content (AvgIpc) is 3.27. The van der Waals surface area contributed by atoms with E-state index in [0.29, 0.717) is 40.4 Å². The molecule has 4 rings (SSSR count). The Labute approximate surface area is 190 Å². The van der Waals surface area contributed by atoms with Crippen LogP contribution in [0.25, 0.3) is 17.0 Å². The van der Waals surface area contributed by atoms with E-state index in [-0.39, 0.29) is 5.91 Å². The van der Waals surface area contributed by atoms with Gasteiger partial charge >= 0.3 is 0 Å². The number of carbonyl (C=O) groups is 1. The molecule has 5 nitrogen and oxygen atoms in total. The maximum atomic E-state index is 12.7. The molecule has 0 radical (unpaired) electrons. The number of thioether (sulfide) groups is 1. The number of ether oxygens (including phenoxy) is 2. The van der Waals surface area contributed by atoms with E-state index in [2.05, 4.69) is 29.5 Å². The Bertz CT molecular complexity index is 1180. The molecule has 0 atom stereocenters.